The van der Waals surface area contributed by atoms with Crippen LogP contribution < -0.4 is 15.8 Å². The quantitative estimate of drug-likeness (QED) is 0.810. The normalized spacial score (nSPS) is 19.1. The fourth-order valence-corrected chi connectivity index (χ4v) is 2.42. The Morgan fingerprint density at radius 3 is 2.85 bits per heavy atom. The molecule has 0 spiro atoms. The summed E-state index contributed by atoms with van der Waals surface area (Å²) in [7, 11) is 1.47. The number of aromatic nitrogens is 1. The minimum absolute atomic E-state index is 0.194. The van der Waals surface area contributed by atoms with Gasteiger partial charge < -0.3 is 9.15 Å². The molecular formula is C13H12N2O5. The maximum atomic E-state index is 12.0. The average molecular weight is 276 g/mol. The molecule has 2 aromatic rings. The number of rotatable bonds is 2. The van der Waals surface area contributed by atoms with E-state index in [1.54, 1.807) is 18.2 Å². The Labute approximate surface area is 113 Å². The highest BCUT2D eigenvalue weighted by molar-refractivity contribution is 6.00. The Balaban J connectivity index is 2.17. The molecule has 1 aromatic carbocycles. The molecule has 1 unspecified atom stereocenters. The zero-order valence-electron chi connectivity index (χ0n) is 10.7. The summed E-state index contributed by atoms with van der Waals surface area (Å²) in [6.45, 7) is 0. The van der Waals surface area contributed by atoms with Crippen molar-refractivity contribution < 1.29 is 18.7 Å². The van der Waals surface area contributed by atoms with Crippen molar-refractivity contribution in [3.63, 3.8) is 0 Å². The SMILES string of the molecule is COc1cccc2c1oc(=O)n2C1CCC(=O)NC1=O. The molecule has 1 N–H and O–H groups in total. The second-order valence-corrected chi connectivity index (χ2v) is 4.51. The number of nitrogens with zero attached hydrogens (tertiary/aromatic N) is 1. The summed E-state index contributed by atoms with van der Waals surface area (Å²) in [6, 6.07) is 4.30. The third-order valence-corrected chi connectivity index (χ3v) is 3.35. The first kappa shape index (κ1) is 12.5. The van der Waals surface area contributed by atoms with Gasteiger partial charge in [-0.1, -0.05) is 6.07 Å². The van der Waals surface area contributed by atoms with Crippen molar-refractivity contribution in [2.75, 3.05) is 7.11 Å². The Kier molecular flexibility index (Phi) is 2.81. The van der Waals surface area contributed by atoms with E-state index in [0.717, 1.165) is 0 Å². The molecule has 0 saturated carbocycles. The fourth-order valence-electron chi connectivity index (χ4n) is 2.42. The molecule has 0 radical (unpaired) electrons. The van der Waals surface area contributed by atoms with E-state index in [1.807, 2.05) is 0 Å². The molecule has 3 rings (SSSR count). The first-order valence-corrected chi connectivity index (χ1v) is 6.13. The fraction of sp³-hybridized carbons (Fsp3) is 0.308. The largest absolute Gasteiger partial charge is 0.493 e. The van der Waals surface area contributed by atoms with E-state index in [0.29, 0.717) is 16.8 Å². The van der Waals surface area contributed by atoms with Crippen LogP contribution in [-0.4, -0.2) is 23.5 Å². The first-order chi connectivity index (χ1) is 9.61. The maximum absolute atomic E-state index is 12.0. The zero-order valence-corrected chi connectivity index (χ0v) is 10.7. The predicted octanol–water partition coefficient (Wildman–Crippen LogP) is 0.581. The number of piperidine rings is 1. The summed E-state index contributed by atoms with van der Waals surface area (Å²) >= 11 is 0. The average Bonchev–Trinajstić information content (AvgIpc) is 2.75. The number of fused-ring (bicyclic) bond motifs is 1. The Morgan fingerprint density at radius 2 is 2.15 bits per heavy atom. The van der Waals surface area contributed by atoms with Gasteiger partial charge in [0.15, 0.2) is 11.3 Å². The van der Waals surface area contributed by atoms with E-state index in [9.17, 15) is 14.4 Å². The van der Waals surface area contributed by atoms with E-state index in [4.69, 9.17) is 9.15 Å². The number of methoxy groups -OCH3 is 1. The third kappa shape index (κ3) is 1.78. The number of hydrogen-bond acceptors (Lipinski definition) is 5. The van der Waals surface area contributed by atoms with Crippen LogP contribution in [0, 0.1) is 0 Å². The van der Waals surface area contributed by atoms with E-state index in [1.165, 1.54) is 11.7 Å². The van der Waals surface area contributed by atoms with Crippen LogP contribution in [0.2, 0.25) is 0 Å². The number of carbonyl (C=O) groups excluding carboxylic acids is 2. The van der Waals surface area contributed by atoms with Gasteiger partial charge in [0.25, 0.3) is 0 Å². The lowest BCUT2D eigenvalue weighted by Gasteiger charge is -2.21. The van der Waals surface area contributed by atoms with Crippen molar-refractivity contribution in [2.45, 2.75) is 18.9 Å². The predicted molar refractivity (Wildman–Crippen MR) is 68.4 cm³/mol. The van der Waals surface area contributed by atoms with Crippen LogP contribution in [0.15, 0.2) is 27.4 Å². The number of hydrogen-bond donors (Lipinski definition) is 1. The Hall–Kier alpha value is -2.57. The molecule has 104 valence electrons. The number of oxazole rings is 1. The van der Waals surface area contributed by atoms with Crippen LogP contribution in [0.4, 0.5) is 0 Å². The third-order valence-electron chi connectivity index (χ3n) is 3.35. The Morgan fingerprint density at radius 1 is 1.35 bits per heavy atom. The van der Waals surface area contributed by atoms with Crippen LogP contribution in [-0.2, 0) is 9.59 Å². The molecule has 1 aliphatic heterocycles. The Bertz CT molecular complexity index is 758. The second-order valence-electron chi connectivity index (χ2n) is 4.51. The van der Waals surface area contributed by atoms with Gasteiger partial charge in [-0.3, -0.25) is 19.5 Å². The lowest BCUT2D eigenvalue weighted by atomic mass is 10.1. The molecule has 20 heavy (non-hydrogen) atoms. The number of benzene rings is 1. The number of amides is 2. The molecule has 0 bridgehead atoms. The highest BCUT2D eigenvalue weighted by atomic mass is 16.5. The van der Waals surface area contributed by atoms with E-state index < -0.39 is 17.7 Å². The minimum Gasteiger partial charge on any atom is -0.493 e. The maximum Gasteiger partial charge on any atom is 0.420 e. The van der Waals surface area contributed by atoms with E-state index in [2.05, 4.69) is 5.32 Å². The van der Waals surface area contributed by atoms with Gasteiger partial charge in [-0.25, -0.2) is 4.79 Å². The van der Waals surface area contributed by atoms with Gasteiger partial charge >= 0.3 is 5.76 Å². The number of ether oxygens (including phenoxy) is 1. The summed E-state index contributed by atoms with van der Waals surface area (Å²) in [5, 5.41) is 2.23. The summed E-state index contributed by atoms with van der Waals surface area (Å²) < 4.78 is 11.6. The molecule has 2 amide bonds. The standard InChI is InChI=1S/C13H12N2O5/c1-19-9-4-2-3-7-11(9)20-13(18)15(7)8-5-6-10(16)14-12(8)17/h2-4,8H,5-6H2,1H3,(H,14,16,17). The van der Waals surface area contributed by atoms with Crippen LogP contribution in [0.25, 0.3) is 11.1 Å². The lowest BCUT2D eigenvalue weighted by molar-refractivity contribution is -0.135. The zero-order chi connectivity index (χ0) is 14.3. The number of para-hydroxylation sites is 1. The molecule has 1 aliphatic rings. The van der Waals surface area contributed by atoms with Crippen LogP contribution in [0.5, 0.6) is 5.75 Å². The monoisotopic (exact) mass is 276 g/mol. The molecule has 1 atom stereocenters. The number of imide groups is 1. The molecule has 2 heterocycles. The van der Waals surface area contributed by atoms with Gasteiger partial charge in [-0.05, 0) is 18.6 Å². The van der Waals surface area contributed by atoms with E-state index in [-0.39, 0.29) is 18.7 Å². The van der Waals surface area contributed by atoms with Gasteiger partial charge in [-0.2, -0.15) is 0 Å². The molecular weight excluding hydrogens is 264 g/mol. The van der Waals surface area contributed by atoms with Gasteiger partial charge in [0.1, 0.15) is 6.04 Å². The van der Waals surface area contributed by atoms with E-state index >= 15 is 0 Å². The molecule has 7 nitrogen and oxygen atoms in total. The summed E-state index contributed by atoms with van der Waals surface area (Å²) in [5.41, 5.74) is 0.772. The van der Waals surface area contributed by atoms with Gasteiger partial charge in [0, 0.05) is 6.42 Å². The van der Waals surface area contributed by atoms with Crippen molar-refractivity contribution in [1.29, 1.82) is 0 Å². The van der Waals surface area contributed by atoms with Crippen molar-refractivity contribution in [1.82, 2.24) is 9.88 Å². The first-order valence-electron chi connectivity index (χ1n) is 6.13. The van der Waals surface area contributed by atoms with Gasteiger partial charge in [0.2, 0.25) is 11.8 Å². The van der Waals surface area contributed by atoms with Crippen molar-refractivity contribution in [2.24, 2.45) is 0 Å². The molecule has 0 aliphatic carbocycles. The van der Waals surface area contributed by atoms with Crippen LogP contribution >= 0.6 is 0 Å². The van der Waals surface area contributed by atoms with Crippen molar-refractivity contribution in [3.05, 3.63) is 28.7 Å². The highest BCUT2D eigenvalue weighted by Crippen LogP contribution is 2.28. The van der Waals surface area contributed by atoms with Gasteiger partial charge in [0.05, 0.1) is 12.6 Å². The van der Waals surface area contributed by atoms with Gasteiger partial charge in [-0.15, -0.1) is 0 Å². The van der Waals surface area contributed by atoms with Crippen LogP contribution in [0.3, 0.4) is 0 Å². The molecule has 1 saturated heterocycles. The summed E-state index contributed by atoms with van der Waals surface area (Å²) in [6.07, 6.45) is 0.468. The smallest absolute Gasteiger partial charge is 0.420 e. The molecule has 1 fully saturated rings. The topological polar surface area (TPSA) is 90.5 Å². The second kappa shape index (κ2) is 4.52. The van der Waals surface area contributed by atoms with Crippen molar-refractivity contribution >= 4 is 22.9 Å². The minimum atomic E-state index is -0.742. The van der Waals surface area contributed by atoms with Crippen molar-refractivity contribution in [3.8, 4) is 5.75 Å². The molecule has 1 aromatic heterocycles. The molecule has 7 heteroatoms. The van der Waals surface area contributed by atoms with Crippen LogP contribution in [0.1, 0.15) is 18.9 Å². The summed E-state index contributed by atoms with van der Waals surface area (Å²) in [5.74, 6) is -1.04. The number of nitrogens with one attached hydrogen (secondary N) is 1. The number of carbonyl (C=O) groups is 2. The highest BCUT2D eigenvalue weighted by Gasteiger charge is 2.31. The lowest BCUT2D eigenvalue weighted by Crippen LogP contribution is -2.43. The summed E-state index contributed by atoms with van der Waals surface area (Å²) in [4.78, 5) is 35.1.